The third kappa shape index (κ3) is 4.54. The summed E-state index contributed by atoms with van der Waals surface area (Å²) in [4.78, 5) is 52.1. The molecule has 4 rings (SSSR count). The lowest BCUT2D eigenvalue weighted by molar-refractivity contribution is -0.158. The summed E-state index contributed by atoms with van der Waals surface area (Å²) < 4.78 is 5.49. The highest BCUT2D eigenvalue weighted by atomic mass is 16.5. The van der Waals surface area contributed by atoms with Crippen LogP contribution in [0.25, 0.3) is 10.8 Å². The second-order valence-electron chi connectivity index (χ2n) is 8.72. The van der Waals surface area contributed by atoms with E-state index in [4.69, 9.17) is 4.74 Å². The van der Waals surface area contributed by atoms with Gasteiger partial charge in [-0.25, -0.2) is 0 Å². The Morgan fingerprint density at radius 3 is 2.06 bits per heavy atom. The Balaban J connectivity index is 1.51. The molecule has 35 heavy (non-hydrogen) atoms. The van der Waals surface area contributed by atoms with E-state index in [1.54, 1.807) is 24.3 Å². The Kier molecular flexibility index (Phi) is 6.96. The van der Waals surface area contributed by atoms with Gasteiger partial charge in [-0.15, -0.1) is 0 Å². The normalized spacial score (nSPS) is 15.5. The molecular formula is C28H27NO6. The Hall–Kier alpha value is -4.00. The van der Waals surface area contributed by atoms with Crippen LogP contribution in [0, 0.1) is 11.8 Å². The number of nitrogens with zero attached hydrogens (tertiary/aromatic N) is 1. The van der Waals surface area contributed by atoms with Crippen LogP contribution >= 0.6 is 0 Å². The minimum absolute atomic E-state index is 0.121. The molecule has 7 nitrogen and oxygen atoms in total. The van der Waals surface area contributed by atoms with Gasteiger partial charge >= 0.3 is 11.9 Å². The molecule has 0 saturated carbocycles. The summed E-state index contributed by atoms with van der Waals surface area (Å²) in [5.74, 6) is -4.87. The third-order valence-corrected chi connectivity index (χ3v) is 6.72. The maximum atomic E-state index is 13.1. The molecular weight excluding hydrogens is 446 g/mol. The van der Waals surface area contributed by atoms with Crippen molar-refractivity contribution in [3.05, 3.63) is 83.4 Å². The highest BCUT2D eigenvalue weighted by Gasteiger charge is 2.38. The van der Waals surface area contributed by atoms with E-state index in [0.717, 1.165) is 15.8 Å². The Bertz CT molecular complexity index is 1230. The van der Waals surface area contributed by atoms with E-state index in [0.29, 0.717) is 22.9 Å². The van der Waals surface area contributed by atoms with Crippen molar-refractivity contribution in [3.63, 3.8) is 0 Å². The van der Waals surface area contributed by atoms with Gasteiger partial charge in [0.25, 0.3) is 11.8 Å². The number of amides is 2. The first-order chi connectivity index (χ1) is 16.8. The number of aliphatic carboxylic acids is 1. The predicted molar refractivity (Wildman–Crippen MR) is 130 cm³/mol. The Labute approximate surface area is 203 Å². The molecule has 0 aliphatic carbocycles. The van der Waals surface area contributed by atoms with Crippen LogP contribution in [0.15, 0.2) is 66.7 Å². The summed E-state index contributed by atoms with van der Waals surface area (Å²) in [5, 5.41) is 11.1. The summed E-state index contributed by atoms with van der Waals surface area (Å²) in [6, 6.07) is 19.9. The van der Waals surface area contributed by atoms with E-state index >= 15 is 0 Å². The van der Waals surface area contributed by atoms with Crippen molar-refractivity contribution in [2.45, 2.75) is 26.2 Å². The highest BCUT2D eigenvalue weighted by Crippen LogP contribution is 2.35. The number of esters is 1. The SMILES string of the molecule is CCC(c1ccccc1)C(C(=O)OCCN1C(=O)c2cccc3cccc(c23)C1=O)C(C)C(=O)O. The molecule has 3 unspecified atom stereocenters. The van der Waals surface area contributed by atoms with Crippen molar-refractivity contribution >= 4 is 34.5 Å². The zero-order chi connectivity index (χ0) is 25.1. The van der Waals surface area contributed by atoms with Crippen molar-refractivity contribution in [1.82, 2.24) is 4.90 Å². The van der Waals surface area contributed by atoms with Crippen molar-refractivity contribution in [2.24, 2.45) is 11.8 Å². The van der Waals surface area contributed by atoms with E-state index in [-0.39, 0.29) is 19.1 Å². The Morgan fingerprint density at radius 1 is 0.914 bits per heavy atom. The van der Waals surface area contributed by atoms with E-state index in [2.05, 4.69) is 0 Å². The monoisotopic (exact) mass is 473 g/mol. The molecule has 0 fully saturated rings. The fourth-order valence-electron chi connectivity index (χ4n) is 4.88. The lowest BCUT2D eigenvalue weighted by atomic mass is 9.77. The molecule has 3 atom stereocenters. The second kappa shape index (κ2) is 10.1. The van der Waals surface area contributed by atoms with Crippen LogP contribution in [0.4, 0.5) is 0 Å². The molecule has 7 heteroatoms. The van der Waals surface area contributed by atoms with Crippen LogP contribution < -0.4 is 0 Å². The predicted octanol–water partition coefficient (Wildman–Crippen LogP) is 4.51. The number of benzene rings is 3. The molecule has 1 heterocycles. The maximum Gasteiger partial charge on any atom is 0.310 e. The fourth-order valence-corrected chi connectivity index (χ4v) is 4.88. The van der Waals surface area contributed by atoms with Crippen LogP contribution in [0.5, 0.6) is 0 Å². The number of rotatable bonds is 9. The number of carboxylic acids is 1. The Morgan fingerprint density at radius 2 is 1.51 bits per heavy atom. The zero-order valence-electron chi connectivity index (χ0n) is 19.6. The summed E-state index contributed by atoms with van der Waals surface area (Å²) in [5.41, 5.74) is 1.71. The number of carboxylic acid groups (broad SMARTS) is 1. The average Bonchev–Trinajstić information content (AvgIpc) is 2.87. The summed E-state index contributed by atoms with van der Waals surface area (Å²) in [6.07, 6.45) is 0.547. The molecule has 1 aliphatic heterocycles. The van der Waals surface area contributed by atoms with Gasteiger partial charge in [-0.05, 0) is 35.4 Å². The lowest BCUT2D eigenvalue weighted by Gasteiger charge is -2.29. The standard InChI is InChI=1S/C28H27NO6/c1-3-20(18-9-5-4-6-10-18)23(17(2)27(32)33)28(34)35-16-15-29-25(30)21-13-7-11-19-12-8-14-22(24(19)21)26(29)31/h4-14,17,20,23H,3,15-16H2,1-2H3,(H,32,33). The van der Waals surface area contributed by atoms with E-state index in [9.17, 15) is 24.3 Å². The van der Waals surface area contributed by atoms with Gasteiger partial charge in [-0.2, -0.15) is 0 Å². The number of hydrogen-bond donors (Lipinski definition) is 1. The molecule has 3 aromatic rings. The molecule has 0 aromatic heterocycles. The smallest absolute Gasteiger partial charge is 0.310 e. The zero-order valence-corrected chi connectivity index (χ0v) is 19.6. The van der Waals surface area contributed by atoms with Gasteiger partial charge in [0.15, 0.2) is 0 Å². The topological polar surface area (TPSA) is 101 Å². The quantitative estimate of drug-likeness (QED) is 0.363. The first-order valence-corrected chi connectivity index (χ1v) is 11.7. The van der Waals surface area contributed by atoms with Gasteiger partial charge in [0, 0.05) is 16.5 Å². The molecule has 1 N–H and O–H groups in total. The summed E-state index contributed by atoms with van der Waals surface area (Å²) >= 11 is 0. The molecule has 0 bridgehead atoms. The van der Waals surface area contributed by atoms with Crippen LogP contribution in [0.2, 0.25) is 0 Å². The van der Waals surface area contributed by atoms with E-state index in [1.807, 2.05) is 49.4 Å². The largest absolute Gasteiger partial charge is 0.481 e. The van der Waals surface area contributed by atoms with E-state index < -0.39 is 35.6 Å². The summed E-state index contributed by atoms with van der Waals surface area (Å²) in [6.45, 7) is 3.05. The second-order valence-corrected chi connectivity index (χ2v) is 8.72. The van der Waals surface area contributed by atoms with Gasteiger partial charge < -0.3 is 9.84 Å². The number of hydrogen-bond acceptors (Lipinski definition) is 5. The minimum atomic E-state index is -1.09. The van der Waals surface area contributed by atoms with Crippen molar-refractivity contribution in [2.75, 3.05) is 13.2 Å². The average molecular weight is 474 g/mol. The number of ether oxygens (including phenoxy) is 1. The van der Waals surface area contributed by atoms with Gasteiger partial charge in [0.2, 0.25) is 0 Å². The van der Waals surface area contributed by atoms with Crippen LogP contribution in [0.3, 0.4) is 0 Å². The van der Waals surface area contributed by atoms with Gasteiger partial charge in [-0.1, -0.05) is 68.4 Å². The van der Waals surface area contributed by atoms with Crippen molar-refractivity contribution < 1.29 is 29.0 Å². The molecule has 180 valence electrons. The minimum Gasteiger partial charge on any atom is -0.481 e. The number of imide groups is 1. The van der Waals surface area contributed by atoms with Crippen molar-refractivity contribution in [3.8, 4) is 0 Å². The number of carbonyl (C=O) groups is 4. The highest BCUT2D eigenvalue weighted by molar-refractivity contribution is 6.25. The first kappa shape index (κ1) is 24.1. The molecule has 3 aromatic carbocycles. The molecule has 0 saturated heterocycles. The third-order valence-electron chi connectivity index (χ3n) is 6.72. The molecule has 2 amide bonds. The molecule has 0 spiro atoms. The van der Waals surface area contributed by atoms with Gasteiger partial charge in [0.05, 0.1) is 18.4 Å². The van der Waals surface area contributed by atoms with E-state index in [1.165, 1.54) is 6.92 Å². The van der Waals surface area contributed by atoms with Crippen molar-refractivity contribution in [1.29, 1.82) is 0 Å². The van der Waals surface area contributed by atoms with Crippen LogP contribution in [-0.4, -0.2) is 46.9 Å². The maximum absolute atomic E-state index is 13.1. The van der Waals surface area contributed by atoms with Crippen LogP contribution in [0.1, 0.15) is 52.5 Å². The molecule has 0 radical (unpaired) electrons. The lowest BCUT2D eigenvalue weighted by Crippen LogP contribution is -2.43. The molecule has 1 aliphatic rings. The number of carbonyl (C=O) groups excluding carboxylic acids is 3. The van der Waals surface area contributed by atoms with Crippen LogP contribution in [-0.2, 0) is 14.3 Å². The fraction of sp³-hybridized carbons (Fsp3) is 0.286. The van der Waals surface area contributed by atoms with Gasteiger partial charge in [0.1, 0.15) is 6.61 Å². The van der Waals surface area contributed by atoms with Gasteiger partial charge in [-0.3, -0.25) is 24.1 Å². The first-order valence-electron chi connectivity index (χ1n) is 11.7. The summed E-state index contributed by atoms with van der Waals surface area (Å²) in [7, 11) is 0.